The number of carboxylic acids is 1. The van der Waals surface area contributed by atoms with Gasteiger partial charge in [0.1, 0.15) is 0 Å². The summed E-state index contributed by atoms with van der Waals surface area (Å²) in [5, 5.41) is 8.79. The van der Waals surface area contributed by atoms with E-state index < -0.39 is 18.0 Å². The van der Waals surface area contributed by atoms with E-state index >= 15 is 0 Å². The number of thiol groups is 1. The Morgan fingerprint density at radius 3 is 2.53 bits per heavy atom. The molecule has 1 N–H and O–H groups in total. The van der Waals surface area contributed by atoms with E-state index in [0.717, 1.165) is 5.75 Å². The molecule has 0 radical (unpaired) electrons. The summed E-state index contributed by atoms with van der Waals surface area (Å²) < 4.78 is 4.86. The molecular weight excluding hydrogens is 236 g/mol. The standard InChI is InChI=1S/C9H16O4S2/c1-3-15-5-7(8(10)11)13-9(12)6(2)4-14/h6-7,14H,3-5H2,1-2H3,(H,10,11)/t6-,7?/m0/s1. The van der Waals surface area contributed by atoms with Crippen molar-refractivity contribution in [1.29, 1.82) is 0 Å². The highest BCUT2D eigenvalue weighted by atomic mass is 32.2. The fraction of sp³-hybridized carbons (Fsp3) is 0.778. The molecule has 0 aromatic rings. The van der Waals surface area contributed by atoms with Gasteiger partial charge in [-0.05, 0) is 5.75 Å². The Labute approximate surface area is 99.2 Å². The minimum atomic E-state index is -1.10. The van der Waals surface area contributed by atoms with Gasteiger partial charge < -0.3 is 9.84 Å². The maximum atomic E-state index is 11.3. The minimum absolute atomic E-state index is 0.289. The molecule has 2 atom stereocenters. The lowest BCUT2D eigenvalue weighted by atomic mass is 10.2. The number of thioether (sulfide) groups is 1. The van der Waals surface area contributed by atoms with E-state index in [0.29, 0.717) is 5.75 Å². The molecule has 0 aliphatic carbocycles. The van der Waals surface area contributed by atoms with Gasteiger partial charge in [-0.15, -0.1) is 0 Å². The first kappa shape index (κ1) is 14.6. The Kier molecular flexibility index (Phi) is 7.68. The van der Waals surface area contributed by atoms with E-state index in [9.17, 15) is 9.59 Å². The zero-order chi connectivity index (χ0) is 11.8. The molecule has 0 saturated heterocycles. The lowest BCUT2D eigenvalue weighted by Gasteiger charge is -2.15. The number of aliphatic carboxylic acids is 1. The van der Waals surface area contributed by atoms with Crippen LogP contribution in [0.5, 0.6) is 0 Å². The van der Waals surface area contributed by atoms with Crippen molar-refractivity contribution in [2.24, 2.45) is 5.92 Å². The Morgan fingerprint density at radius 2 is 2.13 bits per heavy atom. The fourth-order valence-electron chi connectivity index (χ4n) is 0.712. The number of hydrogen-bond acceptors (Lipinski definition) is 5. The molecule has 6 heteroatoms. The highest BCUT2D eigenvalue weighted by molar-refractivity contribution is 7.99. The minimum Gasteiger partial charge on any atom is -0.478 e. The normalized spacial score (nSPS) is 14.3. The van der Waals surface area contributed by atoms with Gasteiger partial charge in [0.15, 0.2) is 0 Å². The third kappa shape index (κ3) is 5.94. The third-order valence-corrected chi connectivity index (χ3v) is 3.18. The number of rotatable bonds is 7. The van der Waals surface area contributed by atoms with Crippen LogP contribution in [-0.2, 0) is 14.3 Å². The molecular formula is C9H16O4S2. The van der Waals surface area contributed by atoms with Gasteiger partial charge in [-0.25, -0.2) is 4.79 Å². The maximum Gasteiger partial charge on any atom is 0.345 e. The number of carbonyl (C=O) groups excluding carboxylic acids is 1. The molecule has 0 bridgehead atoms. The van der Waals surface area contributed by atoms with Crippen molar-refractivity contribution in [2.75, 3.05) is 17.3 Å². The number of carboxylic acid groups (broad SMARTS) is 1. The zero-order valence-electron chi connectivity index (χ0n) is 8.80. The van der Waals surface area contributed by atoms with Crippen LogP contribution >= 0.6 is 24.4 Å². The predicted molar refractivity (Wildman–Crippen MR) is 63.5 cm³/mol. The number of esters is 1. The largest absolute Gasteiger partial charge is 0.478 e. The molecule has 0 aliphatic heterocycles. The second-order valence-electron chi connectivity index (χ2n) is 3.01. The SMILES string of the molecule is CCSCC(OC(=O)[C@@H](C)CS)C(=O)O. The Balaban J connectivity index is 4.16. The summed E-state index contributed by atoms with van der Waals surface area (Å²) in [6, 6.07) is 0. The van der Waals surface area contributed by atoms with Crippen molar-refractivity contribution in [1.82, 2.24) is 0 Å². The van der Waals surface area contributed by atoms with Gasteiger partial charge in [0.25, 0.3) is 0 Å². The second-order valence-corrected chi connectivity index (χ2v) is 4.69. The molecule has 0 rings (SSSR count). The molecule has 0 heterocycles. The first-order valence-electron chi connectivity index (χ1n) is 4.64. The molecule has 88 valence electrons. The van der Waals surface area contributed by atoms with Crippen LogP contribution in [0.2, 0.25) is 0 Å². The fourth-order valence-corrected chi connectivity index (χ4v) is 1.52. The number of ether oxygens (including phenoxy) is 1. The third-order valence-electron chi connectivity index (χ3n) is 1.68. The smallest absolute Gasteiger partial charge is 0.345 e. The van der Waals surface area contributed by atoms with E-state index in [4.69, 9.17) is 9.84 Å². The van der Waals surface area contributed by atoms with Crippen molar-refractivity contribution >= 4 is 36.3 Å². The average Bonchev–Trinajstić information content (AvgIpc) is 2.22. The molecule has 0 spiro atoms. The summed E-state index contributed by atoms with van der Waals surface area (Å²) in [5.74, 6) is -0.543. The summed E-state index contributed by atoms with van der Waals surface area (Å²) in [4.78, 5) is 22.1. The molecule has 0 saturated carbocycles. The Hall–Kier alpha value is -0.360. The van der Waals surface area contributed by atoms with Crippen LogP contribution in [0, 0.1) is 5.92 Å². The van der Waals surface area contributed by atoms with Gasteiger partial charge in [-0.2, -0.15) is 24.4 Å². The van der Waals surface area contributed by atoms with Crippen LogP contribution in [0.4, 0.5) is 0 Å². The van der Waals surface area contributed by atoms with Crippen molar-refractivity contribution in [3.8, 4) is 0 Å². The van der Waals surface area contributed by atoms with Gasteiger partial charge in [0.05, 0.1) is 5.92 Å². The van der Waals surface area contributed by atoms with Crippen molar-refractivity contribution in [3.63, 3.8) is 0 Å². The maximum absolute atomic E-state index is 11.3. The van der Waals surface area contributed by atoms with E-state index in [1.165, 1.54) is 11.8 Å². The number of carbonyl (C=O) groups is 2. The van der Waals surface area contributed by atoms with Crippen LogP contribution < -0.4 is 0 Å². The summed E-state index contributed by atoms with van der Waals surface area (Å²) in [6.07, 6.45) is -1.05. The van der Waals surface area contributed by atoms with E-state index in [1.807, 2.05) is 6.92 Å². The van der Waals surface area contributed by atoms with Crippen molar-refractivity contribution in [2.45, 2.75) is 20.0 Å². The van der Waals surface area contributed by atoms with Crippen LogP contribution in [0.25, 0.3) is 0 Å². The van der Waals surface area contributed by atoms with E-state index in [2.05, 4.69) is 12.6 Å². The number of hydrogen-bond donors (Lipinski definition) is 2. The van der Waals surface area contributed by atoms with Gasteiger partial charge >= 0.3 is 11.9 Å². The Morgan fingerprint density at radius 1 is 1.53 bits per heavy atom. The van der Waals surface area contributed by atoms with Crippen LogP contribution in [0.15, 0.2) is 0 Å². The molecule has 0 aromatic carbocycles. The van der Waals surface area contributed by atoms with E-state index in [1.54, 1.807) is 6.92 Å². The first-order chi connectivity index (χ1) is 7.02. The van der Waals surface area contributed by atoms with Crippen LogP contribution in [-0.4, -0.2) is 40.4 Å². The van der Waals surface area contributed by atoms with Crippen LogP contribution in [0.1, 0.15) is 13.8 Å². The quantitative estimate of drug-likeness (QED) is 0.528. The highest BCUT2D eigenvalue weighted by Gasteiger charge is 2.24. The average molecular weight is 252 g/mol. The Bertz CT molecular complexity index is 220. The molecule has 4 nitrogen and oxygen atoms in total. The highest BCUT2D eigenvalue weighted by Crippen LogP contribution is 2.09. The molecule has 0 aromatic heterocycles. The van der Waals surface area contributed by atoms with Gasteiger partial charge in [-0.1, -0.05) is 13.8 Å². The lowest BCUT2D eigenvalue weighted by molar-refractivity contribution is -0.164. The second kappa shape index (κ2) is 7.87. The van der Waals surface area contributed by atoms with Crippen molar-refractivity contribution < 1.29 is 19.4 Å². The lowest BCUT2D eigenvalue weighted by Crippen LogP contribution is -2.32. The summed E-state index contributed by atoms with van der Waals surface area (Å²) in [6.45, 7) is 3.57. The van der Waals surface area contributed by atoms with Gasteiger partial charge in [-0.3, -0.25) is 4.79 Å². The van der Waals surface area contributed by atoms with E-state index in [-0.39, 0.29) is 11.7 Å². The van der Waals surface area contributed by atoms with Gasteiger partial charge in [0, 0.05) is 11.5 Å². The summed E-state index contributed by atoms with van der Waals surface area (Å²) >= 11 is 5.37. The monoisotopic (exact) mass is 252 g/mol. The summed E-state index contributed by atoms with van der Waals surface area (Å²) in [5.41, 5.74) is 0. The van der Waals surface area contributed by atoms with Crippen LogP contribution in [0.3, 0.4) is 0 Å². The van der Waals surface area contributed by atoms with Crippen molar-refractivity contribution in [3.05, 3.63) is 0 Å². The first-order valence-corrected chi connectivity index (χ1v) is 6.43. The summed E-state index contributed by atoms with van der Waals surface area (Å²) in [7, 11) is 0. The molecule has 1 unspecified atom stereocenters. The van der Waals surface area contributed by atoms with Gasteiger partial charge in [0.2, 0.25) is 6.10 Å². The molecule has 15 heavy (non-hydrogen) atoms. The molecule has 0 amide bonds. The predicted octanol–water partition coefficient (Wildman–Crippen LogP) is 1.30. The zero-order valence-corrected chi connectivity index (χ0v) is 10.5. The molecule has 0 aliphatic rings. The molecule has 0 fully saturated rings. The topological polar surface area (TPSA) is 63.6 Å².